The minimum absolute atomic E-state index is 0.0378. The molecular formula is C26H31N3O5S. The number of anilines is 1. The van der Waals surface area contributed by atoms with Crippen molar-refractivity contribution in [1.29, 1.82) is 0 Å². The van der Waals surface area contributed by atoms with E-state index in [0.29, 0.717) is 53.2 Å². The molecule has 0 spiro atoms. The Morgan fingerprint density at radius 1 is 1.11 bits per heavy atom. The number of aromatic nitrogens is 1. The van der Waals surface area contributed by atoms with Crippen LogP contribution in [0, 0.1) is 12.8 Å². The van der Waals surface area contributed by atoms with E-state index < -0.39 is 10.0 Å². The molecule has 1 heterocycles. The molecule has 186 valence electrons. The van der Waals surface area contributed by atoms with E-state index in [1.54, 1.807) is 43.3 Å². The summed E-state index contributed by atoms with van der Waals surface area (Å²) in [5.74, 6) is 2.07. The molecule has 0 aliphatic heterocycles. The van der Waals surface area contributed by atoms with Crippen molar-refractivity contribution in [1.82, 2.24) is 10.3 Å². The van der Waals surface area contributed by atoms with Crippen LogP contribution in [0.3, 0.4) is 0 Å². The molecule has 3 aromatic rings. The summed E-state index contributed by atoms with van der Waals surface area (Å²) in [6, 6.07) is 13.0. The molecule has 0 bridgehead atoms. The van der Waals surface area contributed by atoms with E-state index in [-0.39, 0.29) is 10.8 Å². The maximum absolute atomic E-state index is 12.8. The maximum atomic E-state index is 12.8. The highest BCUT2D eigenvalue weighted by molar-refractivity contribution is 7.92. The Labute approximate surface area is 206 Å². The second kappa shape index (κ2) is 10.9. The predicted octanol–water partition coefficient (Wildman–Crippen LogP) is 5.05. The van der Waals surface area contributed by atoms with Gasteiger partial charge in [0.1, 0.15) is 17.2 Å². The van der Waals surface area contributed by atoms with Gasteiger partial charge in [-0.1, -0.05) is 25.3 Å². The monoisotopic (exact) mass is 497 g/mol. The molecule has 0 saturated heterocycles. The lowest BCUT2D eigenvalue weighted by Crippen LogP contribution is -2.26. The standard InChI is InChI=1S/C26H31N3O5S/c1-18-24(17-27-25(30)15-19-7-4-3-5-8-19)28-26(34-18)20-9-6-10-21(16-20)29-35(31,32)23-13-11-22(33-2)12-14-23/h6,9-14,16,19,29H,3-5,7-8,15,17H2,1-2H3,(H,27,30). The Bertz CT molecular complexity index is 1260. The third kappa shape index (κ3) is 6.42. The van der Waals surface area contributed by atoms with E-state index in [1.165, 1.54) is 38.5 Å². The largest absolute Gasteiger partial charge is 0.497 e. The summed E-state index contributed by atoms with van der Waals surface area (Å²) in [7, 11) is -2.25. The number of aryl methyl sites for hydroxylation is 1. The second-order valence-corrected chi connectivity index (χ2v) is 10.6. The molecular weight excluding hydrogens is 466 g/mol. The van der Waals surface area contributed by atoms with Crippen molar-refractivity contribution in [3.63, 3.8) is 0 Å². The van der Waals surface area contributed by atoms with E-state index in [4.69, 9.17) is 9.15 Å². The minimum atomic E-state index is -3.77. The number of rotatable bonds is 9. The van der Waals surface area contributed by atoms with Crippen LogP contribution in [0.4, 0.5) is 5.69 Å². The van der Waals surface area contributed by atoms with Crippen LogP contribution in [0.5, 0.6) is 5.75 Å². The summed E-state index contributed by atoms with van der Waals surface area (Å²) in [5, 5.41) is 2.96. The van der Waals surface area contributed by atoms with Crippen molar-refractivity contribution in [3.8, 4) is 17.2 Å². The fourth-order valence-corrected chi connectivity index (χ4v) is 5.36. The number of carbonyl (C=O) groups excluding carboxylic acids is 1. The van der Waals surface area contributed by atoms with Gasteiger partial charge >= 0.3 is 0 Å². The number of amides is 1. The van der Waals surface area contributed by atoms with Crippen LogP contribution >= 0.6 is 0 Å². The molecule has 2 N–H and O–H groups in total. The lowest BCUT2D eigenvalue weighted by atomic mass is 9.87. The summed E-state index contributed by atoms with van der Waals surface area (Å²) >= 11 is 0. The Balaban J connectivity index is 1.41. The van der Waals surface area contributed by atoms with Crippen LogP contribution in [0.25, 0.3) is 11.5 Å². The first-order valence-electron chi connectivity index (χ1n) is 11.8. The first-order chi connectivity index (χ1) is 16.8. The first kappa shape index (κ1) is 24.8. The SMILES string of the molecule is COc1ccc(S(=O)(=O)Nc2cccc(-c3nc(CNC(=O)CC4CCCCC4)c(C)o3)c2)cc1. The summed E-state index contributed by atoms with van der Waals surface area (Å²) < 4.78 is 39.0. The van der Waals surface area contributed by atoms with Crippen LogP contribution < -0.4 is 14.8 Å². The van der Waals surface area contributed by atoms with Gasteiger partial charge in [-0.25, -0.2) is 13.4 Å². The molecule has 1 aliphatic carbocycles. The number of nitrogens with one attached hydrogen (secondary N) is 2. The van der Waals surface area contributed by atoms with Crippen LogP contribution in [0.15, 0.2) is 57.8 Å². The Hall–Kier alpha value is -3.33. The van der Waals surface area contributed by atoms with Crippen molar-refractivity contribution in [2.45, 2.75) is 56.9 Å². The Morgan fingerprint density at radius 2 is 1.86 bits per heavy atom. The average molecular weight is 498 g/mol. The summed E-state index contributed by atoms with van der Waals surface area (Å²) in [6.07, 6.45) is 6.49. The van der Waals surface area contributed by atoms with E-state index in [9.17, 15) is 13.2 Å². The van der Waals surface area contributed by atoms with Crippen molar-refractivity contribution < 1.29 is 22.4 Å². The summed E-state index contributed by atoms with van der Waals surface area (Å²) in [5.41, 5.74) is 1.67. The normalized spacial score (nSPS) is 14.5. The zero-order valence-corrected chi connectivity index (χ0v) is 20.9. The van der Waals surface area contributed by atoms with Crippen LogP contribution in [0.1, 0.15) is 50.0 Å². The zero-order chi connectivity index (χ0) is 24.8. The number of carbonyl (C=O) groups is 1. The van der Waals surface area contributed by atoms with Gasteiger partial charge in [-0.05, 0) is 68.1 Å². The number of sulfonamides is 1. The van der Waals surface area contributed by atoms with Gasteiger partial charge in [-0.15, -0.1) is 0 Å². The van der Waals surface area contributed by atoms with Crippen LogP contribution in [-0.2, 0) is 21.4 Å². The van der Waals surface area contributed by atoms with Gasteiger partial charge in [0.05, 0.1) is 18.6 Å². The molecule has 35 heavy (non-hydrogen) atoms. The zero-order valence-electron chi connectivity index (χ0n) is 20.0. The second-order valence-electron chi connectivity index (χ2n) is 8.87. The highest BCUT2D eigenvalue weighted by Crippen LogP contribution is 2.27. The fourth-order valence-electron chi connectivity index (χ4n) is 4.31. The summed E-state index contributed by atoms with van der Waals surface area (Å²) in [4.78, 5) is 17.0. The fraction of sp³-hybridized carbons (Fsp3) is 0.385. The Morgan fingerprint density at radius 3 is 2.57 bits per heavy atom. The third-order valence-corrected chi connectivity index (χ3v) is 7.67. The summed E-state index contributed by atoms with van der Waals surface area (Å²) in [6.45, 7) is 2.10. The highest BCUT2D eigenvalue weighted by atomic mass is 32.2. The lowest BCUT2D eigenvalue weighted by molar-refractivity contribution is -0.122. The lowest BCUT2D eigenvalue weighted by Gasteiger charge is -2.20. The number of oxazole rings is 1. The van der Waals surface area contributed by atoms with Gasteiger partial charge < -0.3 is 14.5 Å². The van der Waals surface area contributed by atoms with Crippen molar-refractivity contribution in [2.24, 2.45) is 5.92 Å². The number of methoxy groups -OCH3 is 1. The van der Waals surface area contributed by atoms with Crippen LogP contribution in [0.2, 0.25) is 0 Å². The first-order valence-corrected chi connectivity index (χ1v) is 13.3. The molecule has 1 aromatic heterocycles. The van der Waals surface area contributed by atoms with Gasteiger partial charge in [0.15, 0.2) is 0 Å². The minimum Gasteiger partial charge on any atom is -0.497 e. The van der Waals surface area contributed by atoms with E-state index in [0.717, 1.165) is 12.8 Å². The molecule has 1 amide bonds. The number of hydrogen-bond donors (Lipinski definition) is 2. The van der Waals surface area contributed by atoms with Crippen molar-refractivity contribution >= 4 is 21.6 Å². The molecule has 9 heteroatoms. The molecule has 1 fully saturated rings. The maximum Gasteiger partial charge on any atom is 0.261 e. The quantitative estimate of drug-likeness (QED) is 0.428. The number of hydrogen-bond acceptors (Lipinski definition) is 6. The molecule has 8 nitrogen and oxygen atoms in total. The molecule has 4 rings (SSSR count). The highest BCUT2D eigenvalue weighted by Gasteiger charge is 2.19. The number of nitrogens with zero attached hydrogens (tertiary/aromatic N) is 1. The third-order valence-electron chi connectivity index (χ3n) is 6.28. The van der Waals surface area contributed by atoms with E-state index in [1.807, 2.05) is 0 Å². The van der Waals surface area contributed by atoms with Gasteiger partial charge in [0.25, 0.3) is 10.0 Å². The molecule has 0 atom stereocenters. The van der Waals surface area contributed by atoms with Crippen molar-refractivity contribution in [2.75, 3.05) is 11.8 Å². The van der Waals surface area contributed by atoms with Crippen molar-refractivity contribution in [3.05, 3.63) is 60.0 Å². The van der Waals surface area contributed by atoms with E-state index >= 15 is 0 Å². The van der Waals surface area contributed by atoms with Gasteiger partial charge in [-0.3, -0.25) is 9.52 Å². The van der Waals surface area contributed by atoms with E-state index in [2.05, 4.69) is 15.0 Å². The molecule has 1 saturated carbocycles. The van der Waals surface area contributed by atoms with Crippen LogP contribution in [-0.4, -0.2) is 26.4 Å². The molecule has 1 aliphatic rings. The number of ether oxygens (including phenoxy) is 1. The Kier molecular flexibility index (Phi) is 7.75. The topological polar surface area (TPSA) is 111 Å². The molecule has 0 unspecified atom stereocenters. The predicted molar refractivity (Wildman–Crippen MR) is 134 cm³/mol. The van der Waals surface area contributed by atoms with Gasteiger partial charge in [-0.2, -0.15) is 0 Å². The van der Waals surface area contributed by atoms with Gasteiger partial charge in [0, 0.05) is 17.7 Å². The van der Waals surface area contributed by atoms with Gasteiger partial charge in [0.2, 0.25) is 11.8 Å². The smallest absolute Gasteiger partial charge is 0.261 e. The molecule has 2 aromatic carbocycles. The molecule has 0 radical (unpaired) electrons. The average Bonchev–Trinajstić information content (AvgIpc) is 3.24. The number of benzene rings is 2.